The molecule has 0 bridgehead atoms. The summed E-state index contributed by atoms with van der Waals surface area (Å²) < 4.78 is 39.2. The van der Waals surface area contributed by atoms with Crippen molar-refractivity contribution in [3.8, 4) is 0 Å². The lowest BCUT2D eigenvalue weighted by Gasteiger charge is -2.32. The Labute approximate surface area is 159 Å². The number of halogens is 3. The zero-order valence-corrected chi connectivity index (χ0v) is 15.9. The number of likely N-dealkylation sites (tertiary alicyclic amines) is 1. The van der Waals surface area contributed by atoms with E-state index in [2.05, 4.69) is 43.0 Å². The van der Waals surface area contributed by atoms with Crippen LogP contribution >= 0.6 is 0 Å². The van der Waals surface area contributed by atoms with Crippen molar-refractivity contribution in [2.45, 2.75) is 51.2 Å². The van der Waals surface area contributed by atoms with Crippen molar-refractivity contribution >= 4 is 0 Å². The fourth-order valence-corrected chi connectivity index (χ4v) is 5.19. The van der Waals surface area contributed by atoms with Gasteiger partial charge in [-0.3, -0.25) is 4.90 Å². The molecular weight excluding hydrogens is 347 g/mol. The molecule has 3 unspecified atom stereocenters. The van der Waals surface area contributed by atoms with E-state index in [4.69, 9.17) is 0 Å². The number of hydrogen-bond acceptors (Lipinski definition) is 1. The van der Waals surface area contributed by atoms with E-state index in [9.17, 15) is 13.2 Å². The second-order valence-electron chi connectivity index (χ2n) is 8.07. The Morgan fingerprint density at radius 1 is 1.11 bits per heavy atom. The highest BCUT2D eigenvalue weighted by Crippen LogP contribution is 2.46. The average Bonchev–Trinajstić information content (AvgIpc) is 2.98. The van der Waals surface area contributed by atoms with Crippen LogP contribution in [0.4, 0.5) is 13.2 Å². The van der Waals surface area contributed by atoms with E-state index in [1.165, 1.54) is 23.3 Å². The smallest absolute Gasteiger partial charge is 0.299 e. The summed E-state index contributed by atoms with van der Waals surface area (Å²) in [5, 5.41) is 0. The van der Waals surface area contributed by atoms with Crippen molar-refractivity contribution in [1.82, 2.24) is 4.90 Å². The number of nitrogens with zero attached hydrogens (tertiary/aromatic N) is 1. The van der Waals surface area contributed by atoms with Gasteiger partial charge < -0.3 is 0 Å². The molecule has 0 radical (unpaired) electrons. The summed E-state index contributed by atoms with van der Waals surface area (Å²) in [7, 11) is 0. The van der Waals surface area contributed by atoms with Crippen molar-refractivity contribution in [2.24, 2.45) is 5.92 Å². The van der Waals surface area contributed by atoms with Crippen LogP contribution in [0, 0.1) is 12.8 Å². The molecule has 0 amide bonds. The van der Waals surface area contributed by atoms with Crippen LogP contribution in [0.1, 0.15) is 47.1 Å². The van der Waals surface area contributed by atoms with E-state index < -0.39 is 11.7 Å². The van der Waals surface area contributed by atoms with E-state index in [0.29, 0.717) is 17.9 Å². The van der Waals surface area contributed by atoms with Gasteiger partial charge in [-0.25, -0.2) is 0 Å². The Hall–Kier alpha value is -1.81. The molecule has 0 saturated carbocycles. The molecule has 27 heavy (non-hydrogen) atoms. The lowest BCUT2D eigenvalue weighted by molar-refractivity contribution is -0.137. The van der Waals surface area contributed by atoms with Gasteiger partial charge in [0, 0.05) is 18.5 Å². The molecule has 2 aromatic rings. The number of likely N-dealkylation sites (N-methyl/N-ethyl adjacent to an activating group) is 1. The molecule has 1 aliphatic carbocycles. The summed E-state index contributed by atoms with van der Waals surface area (Å²) in [6, 6.07) is 13.6. The van der Waals surface area contributed by atoms with Gasteiger partial charge in [0.2, 0.25) is 0 Å². The van der Waals surface area contributed by atoms with Crippen LogP contribution < -0.4 is 0 Å². The first-order valence-corrected chi connectivity index (χ1v) is 9.86. The molecule has 1 saturated heterocycles. The molecule has 3 atom stereocenters. The van der Waals surface area contributed by atoms with Crippen molar-refractivity contribution in [3.63, 3.8) is 0 Å². The maximum Gasteiger partial charge on any atom is 0.416 e. The van der Waals surface area contributed by atoms with Crippen molar-refractivity contribution < 1.29 is 13.2 Å². The molecule has 0 spiro atoms. The van der Waals surface area contributed by atoms with E-state index in [0.717, 1.165) is 43.5 Å². The Bertz CT molecular complexity index is 827. The summed E-state index contributed by atoms with van der Waals surface area (Å²) in [5.41, 5.74) is 4.17. The molecule has 1 heterocycles. The Morgan fingerprint density at radius 3 is 2.63 bits per heavy atom. The third kappa shape index (κ3) is 3.52. The summed E-state index contributed by atoms with van der Waals surface area (Å²) in [6.07, 6.45) is -1.51. The SMILES string of the molecule is CCN1CC2c3ccc(C(F)(F)F)cc3CCC2C1Cc1cccc(C)c1. The summed E-state index contributed by atoms with van der Waals surface area (Å²) >= 11 is 0. The van der Waals surface area contributed by atoms with Crippen LogP contribution in [-0.2, 0) is 19.0 Å². The highest BCUT2D eigenvalue weighted by atomic mass is 19.4. The molecule has 1 aliphatic heterocycles. The maximum atomic E-state index is 13.1. The highest BCUT2D eigenvalue weighted by molar-refractivity contribution is 5.40. The first-order valence-electron chi connectivity index (χ1n) is 9.86. The predicted octanol–water partition coefficient (Wildman–Crippen LogP) is 5.61. The van der Waals surface area contributed by atoms with Gasteiger partial charge in [0.1, 0.15) is 0 Å². The number of rotatable bonds is 3. The van der Waals surface area contributed by atoms with Gasteiger partial charge in [-0.2, -0.15) is 13.2 Å². The average molecular weight is 373 g/mol. The van der Waals surface area contributed by atoms with Crippen LogP contribution in [0.25, 0.3) is 0 Å². The van der Waals surface area contributed by atoms with Crippen molar-refractivity contribution in [3.05, 3.63) is 70.3 Å². The maximum absolute atomic E-state index is 13.1. The molecule has 0 N–H and O–H groups in total. The predicted molar refractivity (Wildman–Crippen MR) is 102 cm³/mol. The lowest BCUT2D eigenvalue weighted by Crippen LogP contribution is -2.35. The lowest BCUT2D eigenvalue weighted by atomic mass is 9.73. The van der Waals surface area contributed by atoms with Gasteiger partial charge >= 0.3 is 6.18 Å². The fraction of sp³-hybridized carbons (Fsp3) is 0.478. The largest absolute Gasteiger partial charge is 0.416 e. The number of benzene rings is 2. The monoisotopic (exact) mass is 373 g/mol. The van der Waals surface area contributed by atoms with Gasteiger partial charge in [-0.05, 0) is 67.5 Å². The van der Waals surface area contributed by atoms with Crippen LogP contribution in [0.15, 0.2) is 42.5 Å². The molecule has 1 nitrogen and oxygen atoms in total. The number of aryl methyl sites for hydroxylation is 2. The minimum Gasteiger partial charge on any atom is -0.299 e. The second-order valence-corrected chi connectivity index (χ2v) is 8.07. The fourth-order valence-electron chi connectivity index (χ4n) is 5.19. The first kappa shape index (κ1) is 18.5. The van der Waals surface area contributed by atoms with Crippen LogP contribution in [0.3, 0.4) is 0 Å². The Kier molecular flexibility index (Phi) is 4.79. The first-order chi connectivity index (χ1) is 12.9. The number of hydrogen-bond donors (Lipinski definition) is 0. The van der Waals surface area contributed by atoms with Crippen molar-refractivity contribution in [2.75, 3.05) is 13.1 Å². The topological polar surface area (TPSA) is 3.24 Å². The zero-order chi connectivity index (χ0) is 19.2. The standard InChI is InChI=1S/C23H26F3N/c1-3-27-14-21-19-10-8-18(23(24,25)26)13-17(19)7-9-20(21)22(27)12-16-6-4-5-15(2)11-16/h4-6,8,10-11,13,20-22H,3,7,9,12,14H2,1-2H3. The third-order valence-corrected chi connectivity index (χ3v) is 6.46. The molecule has 4 heteroatoms. The minimum absolute atomic E-state index is 0.353. The molecule has 144 valence electrons. The summed E-state index contributed by atoms with van der Waals surface area (Å²) in [5.74, 6) is 0.875. The number of fused-ring (bicyclic) bond motifs is 3. The van der Waals surface area contributed by atoms with E-state index in [1.54, 1.807) is 6.07 Å². The summed E-state index contributed by atoms with van der Waals surface area (Å²) in [6.45, 7) is 6.25. The van der Waals surface area contributed by atoms with E-state index in [1.807, 2.05) is 0 Å². The van der Waals surface area contributed by atoms with E-state index in [-0.39, 0.29) is 0 Å². The van der Waals surface area contributed by atoms with Gasteiger partial charge in [-0.15, -0.1) is 0 Å². The van der Waals surface area contributed by atoms with Crippen molar-refractivity contribution in [1.29, 1.82) is 0 Å². The molecule has 2 aliphatic rings. The zero-order valence-electron chi connectivity index (χ0n) is 15.9. The van der Waals surface area contributed by atoms with E-state index >= 15 is 0 Å². The second kappa shape index (κ2) is 6.97. The molecule has 4 rings (SSSR count). The van der Waals surface area contributed by atoms with Crippen LogP contribution in [0.2, 0.25) is 0 Å². The third-order valence-electron chi connectivity index (χ3n) is 6.46. The van der Waals surface area contributed by atoms with Crippen LogP contribution in [0.5, 0.6) is 0 Å². The number of alkyl halides is 3. The Balaban J connectivity index is 1.62. The minimum atomic E-state index is -4.26. The highest BCUT2D eigenvalue weighted by Gasteiger charge is 2.44. The van der Waals surface area contributed by atoms with Gasteiger partial charge in [0.25, 0.3) is 0 Å². The normalized spacial score (nSPS) is 25.3. The Morgan fingerprint density at radius 2 is 1.93 bits per heavy atom. The van der Waals surface area contributed by atoms with Gasteiger partial charge in [-0.1, -0.05) is 42.8 Å². The molecule has 0 aromatic heterocycles. The molecular formula is C23H26F3N. The van der Waals surface area contributed by atoms with Gasteiger partial charge in [0.15, 0.2) is 0 Å². The molecule has 2 aromatic carbocycles. The quantitative estimate of drug-likeness (QED) is 0.676. The van der Waals surface area contributed by atoms with Crippen LogP contribution in [-0.4, -0.2) is 24.0 Å². The molecule has 1 fully saturated rings. The summed E-state index contributed by atoms with van der Waals surface area (Å²) in [4.78, 5) is 2.53. The van der Waals surface area contributed by atoms with Gasteiger partial charge in [0.05, 0.1) is 5.56 Å².